The van der Waals surface area contributed by atoms with E-state index in [0.717, 1.165) is 25.9 Å². The van der Waals surface area contributed by atoms with Gasteiger partial charge in [0, 0.05) is 6.04 Å². The number of anilines is 1. The number of carbonyl (C=O) groups is 1. The minimum absolute atomic E-state index is 0. The topological polar surface area (TPSA) is 87.3 Å². The van der Waals surface area contributed by atoms with E-state index in [1.807, 2.05) is 0 Å². The summed E-state index contributed by atoms with van der Waals surface area (Å²) in [4.78, 5) is 12.3. The molecule has 1 aliphatic heterocycles. The zero-order chi connectivity index (χ0) is 15.3. The Bertz CT molecular complexity index is 601. The highest BCUT2D eigenvalue weighted by Crippen LogP contribution is 2.17. The van der Waals surface area contributed by atoms with Gasteiger partial charge in [-0.3, -0.25) is 9.52 Å². The van der Waals surface area contributed by atoms with E-state index < -0.39 is 10.0 Å². The maximum Gasteiger partial charge on any atom is 0.253 e. The standard InChI is InChI=1S/C14H21N3O3S.ClH/c1-2-21(19,20)17-13-6-4-3-5-12(13)14(18)16-11-7-9-15-10-8-11;/h3-6,11,15,17H,2,7-10H2,1H3,(H,16,18);1H. The molecule has 0 radical (unpaired) electrons. The molecule has 0 saturated carbocycles. The fourth-order valence-corrected chi connectivity index (χ4v) is 2.90. The maximum atomic E-state index is 12.3. The van der Waals surface area contributed by atoms with Gasteiger partial charge in [0.1, 0.15) is 0 Å². The van der Waals surface area contributed by atoms with Crippen LogP contribution in [0.5, 0.6) is 0 Å². The number of benzene rings is 1. The number of sulfonamides is 1. The summed E-state index contributed by atoms with van der Waals surface area (Å²) < 4.78 is 25.8. The van der Waals surface area contributed by atoms with E-state index in [1.54, 1.807) is 31.2 Å². The Morgan fingerprint density at radius 2 is 1.91 bits per heavy atom. The average molecular weight is 348 g/mol. The van der Waals surface area contributed by atoms with Gasteiger partial charge in [0.25, 0.3) is 5.91 Å². The monoisotopic (exact) mass is 347 g/mol. The normalized spacial score (nSPS) is 15.7. The van der Waals surface area contributed by atoms with Crippen LogP contribution in [0.3, 0.4) is 0 Å². The van der Waals surface area contributed by atoms with Gasteiger partial charge >= 0.3 is 0 Å². The summed E-state index contributed by atoms with van der Waals surface area (Å²) in [6.07, 6.45) is 1.77. The molecule has 1 aliphatic rings. The smallest absolute Gasteiger partial charge is 0.253 e. The molecule has 8 heteroatoms. The number of amides is 1. The highest BCUT2D eigenvalue weighted by molar-refractivity contribution is 7.92. The Kier molecular flexibility index (Phi) is 7.12. The SMILES string of the molecule is CCS(=O)(=O)Nc1ccccc1C(=O)NC1CCNCC1.Cl. The van der Waals surface area contributed by atoms with Crippen LogP contribution in [-0.2, 0) is 10.0 Å². The Balaban J connectivity index is 0.00000242. The molecular formula is C14H22ClN3O3S. The van der Waals surface area contributed by atoms with Crippen LogP contribution in [-0.4, -0.2) is 39.2 Å². The third kappa shape index (κ3) is 5.15. The van der Waals surface area contributed by atoms with Gasteiger partial charge in [-0.2, -0.15) is 0 Å². The highest BCUT2D eigenvalue weighted by Gasteiger charge is 2.19. The van der Waals surface area contributed by atoms with Crippen molar-refractivity contribution in [1.82, 2.24) is 10.6 Å². The fraction of sp³-hybridized carbons (Fsp3) is 0.500. The molecule has 1 heterocycles. The average Bonchev–Trinajstić information content (AvgIpc) is 2.48. The molecule has 0 aliphatic carbocycles. The quantitative estimate of drug-likeness (QED) is 0.750. The van der Waals surface area contributed by atoms with E-state index in [2.05, 4.69) is 15.4 Å². The largest absolute Gasteiger partial charge is 0.349 e. The zero-order valence-electron chi connectivity index (χ0n) is 12.5. The van der Waals surface area contributed by atoms with Gasteiger partial charge in [0.05, 0.1) is 17.0 Å². The lowest BCUT2D eigenvalue weighted by Gasteiger charge is -2.24. The molecule has 2 rings (SSSR count). The van der Waals surface area contributed by atoms with E-state index in [0.29, 0.717) is 11.3 Å². The van der Waals surface area contributed by atoms with Gasteiger partial charge in [-0.05, 0) is 45.0 Å². The summed E-state index contributed by atoms with van der Waals surface area (Å²) in [5, 5.41) is 6.20. The first kappa shape index (κ1) is 18.7. The van der Waals surface area contributed by atoms with Crippen molar-refractivity contribution in [2.24, 2.45) is 0 Å². The Morgan fingerprint density at radius 1 is 1.27 bits per heavy atom. The van der Waals surface area contributed by atoms with Crippen molar-refractivity contribution in [3.63, 3.8) is 0 Å². The molecular weight excluding hydrogens is 326 g/mol. The third-order valence-corrected chi connectivity index (χ3v) is 4.78. The van der Waals surface area contributed by atoms with Crippen molar-refractivity contribution in [2.75, 3.05) is 23.6 Å². The Labute approximate surface area is 137 Å². The van der Waals surface area contributed by atoms with Crippen molar-refractivity contribution >= 4 is 34.0 Å². The molecule has 0 atom stereocenters. The van der Waals surface area contributed by atoms with Crippen LogP contribution in [0.15, 0.2) is 24.3 Å². The first-order valence-corrected chi connectivity index (χ1v) is 8.78. The maximum absolute atomic E-state index is 12.3. The molecule has 1 amide bonds. The van der Waals surface area contributed by atoms with Crippen LogP contribution in [0.2, 0.25) is 0 Å². The van der Waals surface area contributed by atoms with Gasteiger partial charge in [-0.1, -0.05) is 12.1 Å². The first-order chi connectivity index (χ1) is 10.0. The molecule has 3 N–H and O–H groups in total. The molecule has 1 saturated heterocycles. The Morgan fingerprint density at radius 3 is 2.55 bits per heavy atom. The number of rotatable bonds is 5. The summed E-state index contributed by atoms with van der Waals surface area (Å²) in [5.41, 5.74) is 0.679. The van der Waals surface area contributed by atoms with Crippen molar-refractivity contribution in [2.45, 2.75) is 25.8 Å². The number of nitrogens with one attached hydrogen (secondary N) is 3. The number of hydrogen-bond acceptors (Lipinski definition) is 4. The van der Waals surface area contributed by atoms with Crippen LogP contribution in [0.4, 0.5) is 5.69 Å². The fourth-order valence-electron chi connectivity index (χ4n) is 2.24. The molecule has 1 fully saturated rings. The van der Waals surface area contributed by atoms with Gasteiger partial charge in [-0.25, -0.2) is 8.42 Å². The van der Waals surface area contributed by atoms with Crippen LogP contribution in [0, 0.1) is 0 Å². The van der Waals surface area contributed by atoms with E-state index in [1.165, 1.54) is 0 Å². The lowest BCUT2D eigenvalue weighted by atomic mass is 10.1. The van der Waals surface area contributed by atoms with Crippen molar-refractivity contribution in [3.8, 4) is 0 Å². The molecule has 0 unspecified atom stereocenters. The summed E-state index contributed by atoms with van der Waals surface area (Å²) in [6, 6.07) is 6.79. The summed E-state index contributed by atoms with van der Waals surface area (Å²) >= 11 is 0. The molecule has 1 aromatic rings. The molecule has 6 nitrogen and oxygen atoms in total. The second kappa shape index (κ2) is 8.36. The number of halogens is 1. The molecule has 0 spiro atoms. The predicted molar refractivity (Wildman–Crippen MR) is 90.1 cm³/mol. The molecule has 1 aromatic carbocycles. The predicted octanol–water partition coefficient (Wildman–Crippen LogP) is 1.35. The number of piperidine rings is 1. The minimum Gasteiger partial charge on any atom is -0.349 e. The van der Waals surface area contributed by atoms with E-state index in [9.17, 15) is 13.2 Å². The van der Waals surface area contributed by atoms with Crippen LogP contribution >= 0.6 is 12.4 Å². The zero-order valence-corrected chi connectivity index (χ0v) is 14.1. The van der Waals surface area contributed by atoms with E-state index in [4.69, 9.17) is 0 Å². The molecule has 22 heavy (non-hydrogen) atoms. The number of carbonyl (C=O) groups excluding carboxylic acids is 1. The van der Waals surface area contributed by atoms with Crippen LogP contribution < -0.4 is 15.4 Å². The van der Waals surface area contributed by atoms with Crippen molar-refractivity contribution in [3.05, 3.63) is 29.8 Å². The van der Waals surface area contributed by atoms with Gasteiger partial charge in [0.2, 0.25) is 10.0 Å². The second-order valence-corrected chi connectivity index (χ2v) is 7.06. The van der Waals surface area contributed by atoms with Crippen molar-refractivity contribution in [1.29, 1.82) is 0 Å². The summed E-state index contributed by atoms with van der Waals surface area (Å²) in [5.74, 6) is -0.270. The number of para-hydroxylation sites is 1. The lowest BCUT2D eigenvalue weighted by molar-refractivity contribution is 0.0930. The second-order valence-electron chi connectivity index (χ2n) is 5.05. The Hall–Kier alpha value is -1.31. The van der Waals surface area contributed by atoms with Crippen LogP contribution in [0.1, 0.15) is 30.1 Å². The molecule has 0 bridgehead atoms. The highest BCUT2D eigenvalue weighted by atomic mass is 35.5. The van der Waals surface area contributed by atoms with Crippen LogP contribution in [0.25, 0.3) is 0 Å². The lowest BCUT2D eigenvalue weighted by Crippen LogP contribution is -2.42. The van der Waals surface area contributed by atoms with Gasteiger partial charge in [-0.15, -0.1) is 12.4 Å². The summed E-state index contributed by atoms with van der Waals surface area (Å²) in [6.45, 7) is 3.32. The van der Waals surface area contributed by atoms with Crippen molar-refractivity contribution < 1.29 is 13.2 Å². The van der Waals surface area contributed by atoms with Gasteiger partial charge in [0.15, 0.2) is 0 Å². The van der Waals surface area contributed by atoms with E-state index >= 15 is 0 Å². The number of hydrogen-bond donors (Lipinski definition) is 3. The third-order valence-electron chi connectivity index (χ3n) is 3.49. The van der Waals surface area contributed by atoms with E-state index in [-0.39, 0.29) is 30.1 Å². The molecule has 0 aromatic heterocycles. The minimum atomic E-state index is -3.40. The molecule has 124 valence electrons. The summed E-state index contributed by atoms with van der Waals surface area (Å²) in [7, 11) is -3.40. The first-order valence-electron chi connectivity index (χ1n) is 7.13. The van der Waals surface area contributed by atoms with Gasteiger partial charge < -0.3 is 10.6 Å².